The van der Waals surface area contributed by atoms with Crippen molar-refractivity contribution >= 4 is 5.97 Å². The number of carbonyl (C=O) groups excluding carboxylic acids is 1. The fraction of sp³-hybridized carbons (Fsp3) is 0.480. The Balaban J connectivity index is 1.65. The molecule has 0 bridgehead atoms. The van der Waals surface area contributed by atoms with E-state index in [-0.39, 0.29) is 5.97 Å². The van der Waals surface area contributed by atoms with Crippen molar-refractivity contribution in [1.82, 2.24) is 10.2 Å². The van der Waals surface area contributed by atoms with Crippen molar-refractivity contribution in [1.29, 1.82) is 0 Å². The van der Waals surface area contributed by atoms with E-state index in [1.54, 1.807) is 0 Å². The van der Waals surface area contributed by atoms with Crippen molar-refractivity contribution in [2.24, 2.45) is 0 Å². The lowest BCUT2D eigenvalue weighted by Crippen LogP contribution is -2.15. The van der Waals surface area contributed by atoms with Crippen LogP contribution in [0.5, 0.6) is 5.75 Å². The first kappa shape index (κ1) is 23.9. The molecule has 0 radical (unpaired) electrons. The molecule has 0 heterocycles. The van der Waals surface area contributed by atoms with Crippen LogP contribution in [0.1, 0.15) is 44.2 Å². The first-order valence-corrected chi connectivity index (χ1v) is 10.8. The zero-order valence-corrected chi connectivity index (χ0v) is 18.8. The van der Waals surface area contributed by atoms with Crippen LogP contribution in [-0.4, -0.2) is 51.8 Å². The van der Waals surface area contributed by atoms with Gasteiger partial charge in [0.1, 0.15) is 5.75 Å². The fourth-order valence-corrected chi connectivity index (χ4v) is 3.07. The van der Waals surface area contributed by atoms with Gasteiger partial charge >= 0.3 is 5.97 Å². The van der Waals surface area contributed by atoms with Gasteiger partial charge in [0.15, 0.2) is 0 Å². The van der Waals surface area contributed by atoms with Gasteiger partial charge in [-0.2, -0.15) is 0 Å². The van der Waals surface area contributed by atoms with E-state index in [9.17, 15) is 4.79 Å². The summed E-state index contributed by atoms with van der Waals surface area (Å²) in [6, 6.07) is 17.2. The second kappa shape index (κ2) is 13.0. The van der Waals surface area contributed by atoms with Crippen LogP contribution in [0.2, 0.25) is 0 Å². The average Bonchev–Trinajstić information content (AvgIpc) is 2.76. The molecule has 5 nitrogen and oxygen atoms in total. The highest BCUT2D eigenvalue weighted by molar-refractivity contribution is 5.69. The summed E-state index contributed by atoms with van der Waals surface area (Å²) in [4.78, 5) is 13.7. The van der Waals surface area contributed by atoms with E-state index in [1.807, 2.05) is 33.3 Å². The minimum Gasteiger partial charge on any atom is -0.494 e. The zero-order valence-electron chi connectivity index (χ0n) is 18.8. The number of ether oxygens (including phenoxy) is 2. The molecule has 0 aliphatic heterocycles. The number of carbonyl (C=O) groups is 1. The van der Waals surface area contributed by atoms with Gasteiger partial charge in [0.05, 0.1) is 13.2 Å². The van der Waals surface area contributed by atoms with Crippen molar-refractivity contribution in [2.75, 3.05) is 40.9 Å². The van der Waals surface area contributed by atoms with Gasteiger partial charge in [-0.25, -0.2) is 0 Å². The second-order valence-electron chi connectivity index (χ2n) is 7.84. The molecule has 0 aliphatic rings. The molecule has 0 spiro atoms. The van der Waals surface area contributed by atoms with Gasteiger partial charge < -0.3 is 19.7 Å². The Kier molecular flexibility index (Phi) is 10.4. The Hall–Kier alpha value is -2.37. The molecule has 0 aliphatic carbocycles. The Morgan fingerprint density at radius 1 is 0.933 bits per heavy atom. The molecule has 5 heteroatoms. The van der Waals surface area contributed by atoms with Crippen LogP contribution in [0.4, 0.5) is 0 Å². The van der Waals surface area contributed by atoms with E-state index >= 15 is 0 Å². The largest absolute Gasteiger partial charge is 0.494 e. The summed E-state index contributed by atoms with van der Waals surface area (Å²) in [6.07, 6.45) is 3.00. The third-order valence-electron chi connectivity index (χ3n) is 5.09. The van der Waals surface area contributed by atoms with Crippen LogP contribution in [0.15, 0.2) is 48.5 Å². The Morgan fingerprint density at radius 3 is 2.13 bits per heavy atom. The maximum atomic E-state index is 11.6. The van der Waals surface area contributed by atoms with Crippen LogP contribution in [-0.2, 0) is 9.53 Å². The predicted octanol–water partition coefficient (Wildman–Crippen LogP) is 4.68. The molecule has 164 valence electrons. The number of nitrogens with one attached hydrogen (secondary N) is 1. The summed E-state index contributed by atoms with van der Waals surface area (Å²) in [5.74, 6) is 0.752. The number of hydrogen-bond acceptors (Lipinski definition) is 5. The summed E-state index contributed by atoms with van der Waals surface area (Å²) < 4.78 is 11.1. The number of hydrogen-bond donors (Lipinski definition) is 1. The lowest BCUT2D eigenvalue weighted by atomic mass is 10.0. The molecule has 1 atom stereocenters. The zero-order chi connectivity index (χ0) is 21.8. The number of nitrogens with zero attached hydrogens (tertiary/aromatic N) is 1. The predicted molar refractivity (Wildman–Crippen MR) is 123 cm³/mol. The smallest absolute Gasteiger partial charge is 0.305 e. The van der Waals surface area contributed by atoms with Gasteiger partial charge in [-0.3, -0.25) is 4.79 Å². The summed E-state index contributed by atoms with van der Waals surface area (Å²) >= 11 is 0. The summed E-state index contributed by atoms with van der Waals surface area (Å²) in [5, 5.41) is 3.25. The van der Waals surface area contributed by atoms with Gasteiger partial charge in [-0.05, 0) is 82.7 Å². The summed E-state index contributed by atoms with van der Waals surface area (Å²) in [7, 11) is 5.97. The molecule has 0 fully saturated rings. The third-order valence-corrected chi connectivity index (χ3v) is 5.09. The highest BCUT2D eigenvalue weighted by Gasteiger charge is 2.05. The van der Waals surface area contributed by atoms with Crippen molar-refractivity contribution in [3.63, 3.8) is 0 Å². The molecule has 0 saturated heterocycles. The van der Waals surface area contributed by atoms with E-state index in [0.717, 1.165) is 31.6 Å². The van der Waals surface area contributed by atoms with E-state index < -0.39 is 0 Å². The minimum absolute atomic E-state index is 0.109. The SMILES string of the molecule is CNC(C)c1ccc(-c2ccc(OCCCCOC(=O)CCCN(C)C)cc2)cc1. The first-order valence-electron chi connectivity index (χ1n) is 10.8. The van der Waals surface area contributed by atoms with Crippen molar-refractivity contribution < 1.29 is 14.3 Å². The second-order valence-corrected chi connectivity index (χ2v) is 7.84. The minimum atomic E-state index is -0.109. The highest BCUT2D eigenvalue weighted by atomic mass is 16.5. The van der Waals surface area contributed by atoms with Crippen LogP contribution >= 0.6 is 0 Å². The normalized spacial score (nSPS) is 12.0. The van der Waals surface area contributed by atoms with Crippen LogP contribution < -0.4 is 10.1 Å². The quantitative estimate of drug-likeness (QED) is 0.382. The van der Waals surface area contributed by atoms with Crippen LogP contribution in [0.25, 0.3) is 11.1 Å². The van der Waals surface area contributed by atoms with Crippen molar-refractivity contribution in [3.8, 4) is 16.9 Å². The Bertz CT molecular complexity index is 742. The maximum absolute atomic E-state index is 11.6. The summed E-state index contributed by atoms with van der Waals surface area (Å²) in [5.41, 5.74) is 3.65. The van der Waals surface area contributed by atoms with Crippen LogP contribution in [0, 0.1) is 0 Å². The molecule has 2 aromatic rings. The van der Waals surface area contributed by atoms with E-state index in [0.29, 0.717) is 25.7 Å². The fourth-order valence-electron chi connectivity index (χ4n) is 3.07. The lowest BCUT2D eigenvalue weighted by Gasteiger charge is -2.12. The van der Waals surface area contributed by atoms with Gasteiger partial charge in [0.2, 0.25) is 0 Å². The van der Waals surface area contributed by atoms with Gasteiger partial charge in [0.25, 0.3) is 0 Å². The monoisotopic (exact) mass is 412 g/mol. The number of rotatable bonds is 13. The number of unbranched alkanes of at least 4 members (excludes halogenated alkanes) is 1. The molecule has 0 amide bonds. The molecular weight excluding hydrogens is 376 g/mol. The molecule has 0 aromatic heterocycles. The third kappa shape index (κ3) is 8.56. The standard InChI is InChI=1S/C25H36N2O3/c1-20(26-2)21-9-11-22(12-10-21)23-13-15-24(16-14-23)29-18-5-6-19-30-25(28)8-7-17-27(3)4/h9-16,20,26H,5-8,17-19H2,1-4H3. The van der Waals surface area contributed by atoms with Crippen molar-refractivity contribution in [2.45, 2.75) is 38.6 Å². The molecule has 2 rings (SSSR count). The Morgan fingerprint density at radius 2 is 1.53 bits per heavy atom. The maximum Gasteiger partial charge on any atom is 0.305 e. The first-order chi connectivity index (χ1) is 14.5. The average molecular weight is 413 g/mol. The molecule has 30 heavy (non-hydrogen) atoms. The summed E-state index contributed by atoms with van der Waals surface area (Å²) in [6.45, 7) is 4.14. The van der Waals surface area contributed by atoms with Gasteiger partial charge in [0, 0.05) is 12.5 Å². The molecule has 1 N–H and O–H groups in total. The highest BCUT2D eigenvalue weighted by Crippen LogP contribution is 2.24. The molecule has 1 unspecified atom stereocenters. The van der Waals surface area contributed by atoms with E-state index in [1.165, 1.54) is 16.7 Å². The van der Waals surface area contributed by atoms with E-state index in [2.05, 4.69) is 53.5 Å². The Labute approximate surface area is 181 Å². The topological polar surface area (TPSA) is 50.8 Å². The number of benzene rings is 2. The molecular formula is C25H36N2O3. The molecule has 2 aromatic carbocycles. The molecule has 0 saturated carbocycles. The van der Waals surface area contributed by atoms with Crippen molar-refractivity contribution in [3.05, 3.63) is 54.1 Å². The van der Waals surface area contributed by atoms with Gasteiger partial charge in [-0.15, -0.1) is 0 Å². The van der Waals surface area contributed by atoms with Gasteiger partial charge in [-0.1, -0.05) is 36.4 Å². The number of esters is 1. The van der Waals surface area contributed by atoms with Crippen LogP contribution in [0.3, 0.4) is 0 Å². The van der Waals surface area contributed by atoms with E-state index in [4.69, 9.17) is 9.47 Å². The lowest BCUT2D eigenvalue weighted by molar-refractivity contribution is -0.143.